The minimum absolute atomic E-state index is 0.0170. The lowest BCUT2D eigenvalue weighted by molar-refractivity contribution is -0.149. The highest BCUT2D eigenvalue weighted by molar-refractivity contribution is 5.86. The molecule has 0 aromatic rings. The summed E-state index contributed by atoms with van der Waals surface area (Å²) in [4.78, 5) is 48.4. The molecule has 0 saturated heterocycles. The minimum atomic E-state index is -1.08. The van der Waals surface area contributed by atoms with Crippen LogP contribution in [0.5, 0.6) is 0 Å². The van der Waals surface area contributed by atoms with E-state index in [-0.39, 0.29) is 32.3 Å². The number of carboxylic acids is 1. The third-order valence-electron chi connectivity index (χ3n) is 10.3. The van der Waals surface area contributed by atoms with Crippen molar-refractivity contribution in [2.75, 3.05) is 13.2 Å². The van der Waals surface area contributed by atoms with E-state index in [1.807, 2.05) is 0 Å². The number of amides is 1. The SMILES string of the molecule is CCCCCCCCCCCCCCCCCCOC(=O)CCC(NC(=O)CCC(=O)O)C(=O)OCCCCCCCCCCCCCCCCCC. The number of hydrogen-bond acceptors (Lipinski definition) is 6. The van der Waals surface area contributed by atoms with Crippen molar-refractivity contribution in [3.63, 3.8) is 0 Å². The average Bonchev–Trinajstić information content (AvgIpc) is 3.14. The molecular weight excluding hydrogens is 666 g/mol. The van der Waals surface area contributed by atoms with Crippen LogP contribution < -0.4 is 5.32 Å². The second-order valence-corrected chi connectivity index (χ2v) is 15.5. The van der Waals surface area contributed by atoms with Crippen LogP contribution in [0.25, 0.3) is 0 Å². The van der Waals surface area contributed by atoms with E-state index in [0.717, 1.165) is 38.5 Å². The normalized spacial score (nSPS) is 11.7. The predicted molar refractivity (Wildman–Crippen MR) is 219 cm³/mol. The molecule has 0 fully saturated rings. The number of nitrogens with one attached hydrogen (secondary N) is 1. The molecule has 0 spiro atoms. The van der Waals surface area contributed by atoms with Crippen molar-refractivity contribution in [3.8, 4) is 0 Å². The number of hydrogen-bond donors (Lipinski definition) is 2. The summed E-state index contributed by atoms with van der Waals surface area (Å²) in [5.41, 5.74) is 0. The van der Waals surface area contributed by atoms with Crippen LogP contribution in [0.3, 0.4) is 0 Å². The van der Waals surface area contributed by atoms with E-state index in [0.29, 0.717) is 6.61 Å². The molecule has 312 valence electrons. The maximum atomic E-state index is 12.8. The maximum absolute atomic E-state index is 12.8. The average molecular weight is 752 g/mol. The van der Waals surface area contributed by atoms with Crippen LogP contribution in [-0.2, 0) is 28.7 Å². The van der Waals surface area contributed by atoms with Crippen molar-refractivity contribution < 1.29 is 33.8 Å². The van der Waals surface area contributed by atoms with Crippen LogP contribution in [0.1, 0.15) is 245 Å². The van der Waals surface area contributed by atoms with Crippen LogP contribution in [0.15, 0.2) is 0 Å². The van der Waals surface area contributed by atoms with Gasteiger partial charge in [-0.3, -0.25) is 14.4 Å². The topological polar surface area (TPSA) is 119 Å². The van der Waals surface area contributed by atoms with Gasteiger partial charge < -0.3 is 19.9 Å². The first kappa shape index (κ1) is 50.9. The number of carbonyl (C=O) groups is 4. The van der Waals surface area contributed by atoms with Gasteiger partial charge in [0.25, 0.3) is 0 Å². The van der Waals surface area contributed by atoms with Crippen molar-refractivity contribution in [3.05, 3.63) is 0 Å². The summed E-state index contributed by atoms with van der Waals surface area (Å²) in [6.45, 7) is 5.15. The largest absolute Gasteiger partial charge is 0.481 e. The molecule has 0 aliphatic rings. The third-order valence-corrected chi connectivity index (χ3v) is 10.3. The fraction of sp³-hybridized carbons (Fsp3) is 0.911. The van der Waals surface area contributed by atoms with Crippen molar-refractivity contribution >= 4 is 23.8 Å². The Morgan fingerprint density at radius 1 is 0.434 bits per heavy atom. The Morgan fingerprint density at radius 3 is 1.09 bits per heavy atom. The molecule has 0 saturated carbocycles. The first-order valence-corrected chi connectivity index (χ1v) is 22.7. The van der Waals surface area contributed by atoms with Gasteiger partial charge >= 0.3 is 17.9 Å². The van der Waals surface area contributed by atoms with E-state index in [4.69, 9.17) is 14.6 Å². The Balaban J connectivity index is 3.99. The van der Waals surface area contributed by atoms with E-state index in [2.05, 4.69) is 19.2 Å². The van der Waals surface area contributed by atoms with Gasteiger partial charge in [0.15, 0.2) is 0 Å². The molecule has 0 radical (unpaired) electrons. The fourth-order valence-electron chi connectivity index (χ4n) is 6.83. The second kappa shape index (κ2) is 41.1. The Hall–Kier alpha value is -2.12. The minimum Gasteiger partial charge on any atom is -0.481 e. The van der Waals surface area contributed by atoms with Crippen molar-refractivity contribution in [1.29, 1.82) is 0 Å². The number of unbranched alkanes of at least 4 members (excludes halogenated alkanes) is 30. The molecule has 0 aliphatic heterocycles. The number of esters is 2. The van der Waals surface area contributed by atoms with Gasteiger partial charge in [-0.25, -0.2) is 4.79 Å². The van der Waals surface area contributed by atoms with Gasteiger partial charge in [-0.1, -0.05) is 206 Å². The van der Waals surface area contributed by atoms with E-state index < -0.39 is 29.9 Å². The van der Waals surface area contributed by atoms with Crippen molar-refractivity contribution in [2.45, 2.75) is 251 Å². The van der Waals surface area contributed by atoms with Crippen LogP contribution in [-0.4, -0.2) is 48.2 Å². The zero-order valence-electron chi connectivity index (χ0n) is 34.8. The van der Waals surface area contributed by atoms with Gasteiger partial charge in [0.1, 0.15) is 6.04 Å². The first-order chi connectivity index (χ1) is 25.9. The Kier molecular flexibility index (Phi) is 39.4. The van der Waals surface area contributed by atoms with Crippen LogP contribution in [0, 0.1) is 0 Å². The lowest BCUT2D eigenvalue weighted by Crippen LogP contribution is -2.42. The van der Waals surface area contributed by atoms with Crippen molar-refractivity contribution in [1.82, 2.24) is 5.32 Å². The molecule has 1 atom stereocenters. The lowest BCUT2D eigenvalue weighted by Gasteiger charge is -2.17. The summed E-state index contributed by atoms with van der Waals surface area (Å²) >= 11 is 0. The zero-order valence-corrected chi connectivity index (χ0v) is 34.8. The Bertz CT molecular complexity index is 849. The van der Waals surface area contributed by atoms with Gasteiger partial charge in [0.05, 0.1) is 19.6 Å². The zero-order chi connectivity index (χ0) is 38.9. The molecule has 1 unspecified atom stereocenters. The van der Waals surface area contributed by atoms with Gasteiger partial charge in [-0.2, -0.15) is 0 Å². The molecule has 8 nitrogen and oxygen atoms in total. The molecule has 8 heteroatoms. The number of carbonyl (C=O) groups excluding carboxylic acids is 3. The molecule has 0 aromatic heterocycles. The molecule has 0 aliphatic carbocycles. The van der Waals surface area contributed by atoms with E-state index in [9.17, 15) is 19.2 Å². The van der Waals surface area contributed by atoms with E-state index in [1.165, 1.54) is 167 Å². The summed E-state index contributed by atoms with van der Waals surface area (Å²) in [7, 11) is 0. The van der Waals surface area contributed by atoms with Gasteiger partial charge in [0.2, 0.25) is 5.91 Å². The van der Waals surface area contributed by atoms with Crippen LogP contribution in [0.4, 0.5) is 0 Å². The predicted octanol–water partition coefficient (Wildman–Crippen LogP) is 12.7. The molecular formula is C45H85NO7. The highest BCUT2D eigenvalue weighted by atomic mass is 16.5. The highest BCUT2D eigenvalue weighted by Gasteiger charge is 2.24. The molecule has 53 heavy (non-hydrogen) atoms. The van der Waals surface area contributed by atoms with Crippen LogP contribution >= 0.6 is 0 Å². The first-order valence-electron chi connectivity index (χ1n) is 22.7. The number of rotatable bonds is 42. The number of carboxylic acid groups (broad SMARTS) is 1. The molecule has 0 bridgehead atoms. The molecule has 0 heterocycles. The smallest absolute Gasteiger partial charge is 0.328 e. The van der Waals surface area contributed by atoms with Gasteiger partial charge in [-0.05, 0) is 19.3 Å². The summed E-state index contributed by atoms with van der Waals surface area (Å²) in [6.07, 6.45) is 40.3. The molecule has 2 N–H and O–H groups in total. The molecule has 0 aromatic carbocycles. The molecule has 0 rings (SSSR count). The Labute approximate surface area is 326 Å². The standard InChI is InChI=1S/C45H85NO7/c1-3-5-7-9-11-13-15-17-19-21-23-25-27-29-31-33-39-52-44(50)38-35-41(46-42(47)36-37-43(48)49)45(51)53-40-34-32-30-28-26-24-22-20-18-16-14-12-10-8-6-4-2/h41H,3-40H2,1-2H3,(H,46,47)(H,48,49). The number of aliphatic carboxylic acids is 1. The van der Waals surface area contributed by atoms with Gasteiger partial charge in [-0.15, -0.1) is 0 Å². The third kappa shape index (κ3) is 39.4. The lowest BCUT2D eigenvalue weighted by atomic mass is 10.0. The summed E-state index contributed by atoms with van der Waals surface area (Å²) < 4.78 is 10.8. The van der Waals surface area contributed by atoms with E-state index in [1.54, 1.807) is 0 Å². The van der Waals surface area contributed by atoms with Crippen LogP contribution in [0.2, 0.25) is 0 Å². The summed E-state index contributed by atoms with van der Waals surface area (Å²) in [5.74, 6) is -2.61. The number of ether oxygens (including phenoxy) is 2. The van der Waals surface area contributed by atoms with Crippen molar-refractivity contribution in [2.24, 2.45) is 0 Å². The quantitative estimate of drug-likeness (QED) is 0.0471. The summed E-state index contributed by atoms with van der Waals surface area (Å²) in [6, 6.07) is -1.000. The monoisotopic (exact) mass is 752 g/mol. The fourth-order valence-corrected chi connectivity index (χ4v) is 6.83. The van der Waals surface area contributed by atoms with Gasteiger partial charge in [0, 0.05) is 12.8 Å². The highest BCUT2D eigenvalue weighted by Crippen LogP contribution is 2.16. The summed E-state index contributed by atoms with van der Waals surface area (Å²) in [5, 5.41) is 11.5. The maximum Gasteiger partial charge on any atom is 0.328 e. The van der Waals surface area contributed by atoms with E-state index >= 15 is 0 Å². The second-order valence-electron chi connectivity index (χ2n) is 15.5. The molecule has 1 amide bonds. The Morgan fingerprint density at radius 2 is 0.755 bits per heavy atom.